The highest BCUT2D eigenvalue weighted by atomic mass is 16.3. The lowest BCUT2D eigenvalue weighted by Gasteiger charge is -2.14. The Labute approximate surface area is 78.4 Å². The van der Waals surface area contributed by atoms with Crippen LogP contribution in [0.2, 0.25) is 0 Å². The van der Waals surface area contributed by atoms with E-state index in [1.807, 2.05) is 13.1 Å². The maximum Gasteiger partial charge on any atom is 0.0636 e. The van der Waals surface area contributed by atoms with E-state index in [0.29, 0.717) is 6.54 Å². The molecular weight excluding hydrogens is 166 g/mol. The Bertz CT molecular complexity index is 257. The molecule has 1 aromatic rings. The van der Waals surface area contributed by atoms with Gasteiger partial charge in [0.15, 0.2) is 0 Å². The van der Waals surface area contributed by atoms with Gasteiger partial charge in [-0.15, -0.1) is 0 Å². The van der Waals surface area contributed by atoms with Crippen molar-refractivity contribution < 1.29 is 5.11 Å². The highest BCUT2D eigenvalue weighted by Crippen LogP contribution is 2.13. The van der Waals surface area contributed by atoms with E-state index in [-0.39, 0.29) is 12.1 Å². The van der Waals surface area contributed by atoms with Gasteiger partial charge < -0.3 is 10.4 Å². The molecule has 13 heavy (non-hydrogen) atoms. The first kappa shape index (κ1) is 10.2. The van der Waals surface area contributed by atoms with Crippen molar-refractivity contribution in [3.05, 3.63) is 17.5 Å². The number of nitrogens with zero attached hydrogens (tertiary/aromatic N) is 1. The van der Waals surface area contributed by atoms with Crippen LogP contribution in [0.15, 0.2) is 6.20 Å². The molecule has 0 saturated carbocycles. The molecule has 2 atom stereocenters. The van der Waals surface area contributed by atoms with Gasteiger partial charge in [-0.05, 0) is 20.8 Å². The largest absolute Gasteiger partial charge is 0.392 e. The maximum atomic E-state index is 9.08. The molecule has 0 aliphatic rings. The van der Waals surface area contributed by atoms with Crippen molar-refractivity contribution in [3.63, 3.8) is 0 Å². The van der Waals surface area contributed by atoms with Crippen molar-refractivity contribution in [1.82, 2.24) is 15.5 Å². The topological polar surface area (TPSA) is 60.9 Å². The number of aliphatic hydroxyl groups excluding tert-OH is 1. The molecule has 1 heterocycles. The second-order valence-corrected chi connectivity index (χ2v) is 3.43. The van der Waals surface area contributed by atoms with Gasteiger partial charge in [0.05, 0.1) is 12.3 Å². The molecule has 74 valence electrons. The fourth-order valence-corrected chi connectivity index (χ4v) is 1.25. The van der Waals surface area contributed by atoms with E-state index in [1.165, 1.54) is 0 Å². The quantitative estimate of drug-likeness (QED) is 0.645. The molecule has 1 aromatic heterocycles. The second-order valence-electron chi connectivity index (χ2n) is 3.43. The summed E-state index contributed by atoms with van der Waals surface area (Å²) in [5.74, 6) is 0. The van der Waals surface area contributed by atoms with Gasteiger partial charge in [0.25, 0.3) is 0 Å². The number of aryl methyl sites for hydroxylation is 1. The molecule has 0 aliphatic heterocycles. The summed E-state index contributed by atoms with van der Waals surface area (Å²) >= 11 is 0. The van der Waals surface area contributed by atoms with E-state index in [9.17, 15) is 0 Å². The molecule has 0 radical (unpaired) electrons. The minimum atomic E-state index is -0.311. The SMILES string of the molecule is Cc1[nH]ncc1C(C)NC[C@@H](C)O. The average molecular weight is 183 g/mol. The van der Waals surface area contributed by atoms with Gasteiger partial charge in [-0.2, -0.15) is 5.10 Å². The van der Waals surface area contributed by atoms with Crippen LogP contribution in [-0.4, -0.2) is 28.0 Å². The number of nitrogens with one attached hydrogen (secondary N) is 2. The zero-order chi connectivity index (χ0) is 9.84. The summed E-state index contributed by atoms with van der Waals surface area (Å²) in [6.45, 7) is 6.41. The lowest BCUT2D eigenvalue weighted by Crippen LogP contribution is -2.27. The number of aromatic nitrogens is 2. The van der Waals surface area contributed by atoms with Crippen molar-refractivity contribution in [3.8, 4) is 0 Å². The Morgan fingerprint density at radius 1 is 1.62 bits per heavy atom. The molecule has 3 N–H and O–H groups in total. The van der Waals surface area contributed by atoms with E-state index in [0.717, 1.165) is 11.3 Å². The Morgan fingerprint density at radius 3 is 2.77 bits per heavy atom. The van der Waals surface area contributed by atoms with E-state index in [4.69, 9.17) is 5.11 Å². The Balaban J connectivity index is 2.49. The van der Waals surface area contributed by atoms with Crippen molar-refractivity contribution >= 4 is 0 Å². The summed E-state index contributed by atoms with van der Waals surface area (Å²) in [6, 6.07) is 0.230. The Morgan fingerprint density at radius 2 is 2.31 bits per heavy atom. The first-order valence-electron chi connectivity index (χ1n) is 4.52. The molecule has 0 fully saturated rings. The average Bonchev–Trinajstić information content (AvgIpc) is 2.47. The molecule has 0 aromatic carbocycles. The summed E-state index contributed by atoms with van der Waals surface area (Å²) in [5, 5.41) is 19.1. The zero-order valence-corrected chi connectivity index (χ0v) is 8.33. The monoisotopic (exact) mass is 183 g/mol. The zero-order valence-electron chi connectivity index (χ0n) is 8.33. The van der Waals surface area contributed by atoms with Gasteiger partial charge in [0.2, 0.25) is 0 Å². The van der Waals surface area contributed by atoms with Gasteiger partial charge in [0.1, 0.15) is 0 Å². The van der Waals surface area contributed by atoms with Gasteiger partial charge in [-0.3, -0.25) is 5.10 Å². The van der Waals surface area contributed by atoms with Crippen molar-refractivity contribution in [2.45, 2.75) is 32.9 Å². The normalized spacial score (nSPS) is 15.7. The van der Waals surface area contributed by atoms with Gasteiger partial charge in [-0.1, -0.05) is 0 Å². The number of hydrogen-bond donors (Lipinski definition) is 3. The maximum absolute atomic E-state index is 9.08. The number of H-pyrrole nitrogens is 1. The fourth-order valence-electron chi connectivity index (χ4n) is 1.25. The molecule has 0 bridgehead atoms. The summed E-state index contributed by atoms with van der Waals surface area (Å²) < 4.78 is 0. The molecule has 1 rings (SSSR count). The lowest BCUT2D eigenvalue weighted by atomic mass is 10.1. The van der Waals surface area contributed by atoms with Gasteiger partial charge >= 0.3 is 0 Å². The number of aromatic amines is 1. The summed E-state index contributed by atoms with van der Waals surface area (Å²) in [4.78, 5) is 0. The van der Waals surface area contributed by atoms with Crippen LogP contribution in [0.1, 0.15) is 31.1 Å². The highest BCUT2D eigenvalue weighted by molar-refractivity contribution is 5.18. The van der Waals surface area contributed by atoms with Crippen LogP contribution < -0.4 is 5.32 Å². The predicted molar refractivity (Wildman–Crippen MR) is 51.4 cm³/mol. The third-order valence-corrected chi connectivity index (χ3v) is 2.05. The van der Waals surface area contributed by atoms with Crippen LogP contribution in [0.4, 0.5) is 0 Å². The van der Waals surface area contributed by atoms with Crippen LogP contribution in [0, 0.1) is 6.92 Å². The van der Waals surface area contributed by atoms with Gasteiger partial charge in [0, 0.05) is 23.8 Å². The standard InChI is InChI=1S/C9H17N3O/c1-6(13)4-10-7(2)9-5-11-12-8(9)3/h5-7,10,13H,4H2,1-3H3,(H,11,12)/t6-,7?/m1/s1. The molecule has 0 amide bonds. The Hall–Kier alpha value is -0.870. The van der Waals surface area contributed by atoms with Crippen LogP contribution in [0.25, 0.3) is 0 Å². The Kier molecular flexibility index (Phi) is 3.45. The molecule has 0 saturated heterocycles. The third-order valence-electron chi connectivity index (χ3n) is 2.05. The fraction of sp³-hybridized carbons (Fsp3) is 0.667. The van der Waals surface area contributed by atoms with E-state index < -0.39 is 0 Å². The van der Waals surface area contributed by atoms with E-state index >= 15 is 0 Å². The van der Waals surface area contributed by atoms with Crippen LogP contribution in [0.3, 0.4) is 0 Å². The minimum Gasteiger partial charge on any atom is -0.392 e. The second kappa shape index (κ2) is 4.39. The molecule has 4 heteroatoms. The van der Waals surface area contributed by atoms with Crippen LogP contribution in [0.5, 0.6) is 0 Å². The number of aliphatic hydroxyl groups is 1. The summed E-state index contributed by atoms with van der Waals surface area (Å²) in [7, 11) is 0. The molecular formula is C9H17N3O. The molecule has 0 spiro atoms. The minimum absolute atomic E-state index is 0.230. The number of hydrogen-bond acceptors (Lipinski definition) is 3. The summed E-state index contributed by atoms with van der Waals surface area (Å²) in [6.07, 6.45) is 1.50. The van der Waals surface area contributed by atoms with Crippen molar-refractivity contribution in [2.24, 2.45) is 0 Å². The van der Waals surface area contributed by atoms with Crippen molar-refractivity contribution in [2.75, 3.05) is 6.54 Å². The highest BCUT2D eigenvalue weighted by Gasteiger charge is 2.09. The predicted octanol–water partition coefficient (Wildman–Crippen LogP) is 0.750. The van der Waals surface area contributed by atoms with Crippen LogP contribution >= 0.6 is 0 Å². The van der Waals surface area contributed by atoms with E-state index in [1.54, 1.807) is 6.92 Å². The smallest absolute Gasteiger partial charge is 0.0636 e. The van der Waals surface area contributed by atoms with E-state index in [2.05, 4.69) is 22.4 Å². The summed E-state index contributed by atoms with van der Waals surface area (Å²) in [5.41, 5.74) is 2.23. The van der Waals surface area contributed by atoms with Crippen molar-refractivity contribution in [1.29, 1.82) is 0 Å². The van der Waals surface area contributed by atoms with Gasteiger partial charge in [-0.25, -0.2) is 0 Å². The van der Waals surface area contributed by atoms with Crippen LogP contribution in [-0.2, 0) is 0 Å². The molecule has 1 unspecified atom stereocenters. The third kappa shape index (κ3) is 2.82. The molecule has 4 nitrogen and oxygen atoms in total. The first-order chi connectivity index (χ1) is 6.11. The lowest BCUT2D eigenvalue weighted by molar-refractivity contribution is 0.187. The number of rotatable bonds is 4. The first-order valence-corrected chi connectivity index (χ1v) is 4.52. The molecule has 0 aliphatic carbocycles.